The maximum Gasteiger partial charge on any atom is 0.295 e. The summed E-state index contributed by atoms with van der Waals surface area (Å²) in [7, 11) is 0. The molecule has 180 valence electrons. The Balaban J connectivity index is 1.86. The molecule has 8 heteroatoms. The van der Waals surface area contributed by atoms with Gasteiger partial charge in [-0.2, -0.15) is 0 Å². The highest BCUT2D eigenvalue weighted by molar-refractivity contribution is 6.46. The number of aromatic nitrogens is 1. The van der Waals surface area contributed by atoms with Gasteiger partial charge in [0.1, 0.15) is 11.5 Å². The van der Waals surface area contributed by atoms with E-state index in [0.29, 0.717) is 27.5 Å². The van der Waals surface area contributed by atoms with E-state index in [-0.39, 0.29) is 29.0 Å². The van der Waals surface area contributed by atoms with Crippen molar-refractivity contribution in [1.29, 1.82) is 0 Å². The van der Waals surface area contributed by atoms with Gasteiger partial charge in [0, 0.05) is 24.5 Å². The largest absolute Gasteiger partial charge is 0.507 e. The number of carbonyl (C=O) groups is 2. The number of halogens is 2. The number of hydrogen-bond acceptors (Lipinski definition) is 5. The van der Waals surface area contributed by atoms with E-state index in [0.717, 1.165) is 5.56 Å². The summed E-state index contributed by atoms with van der Waals surface area (Å²) in [5.74, 6) is -1.11. The number of rotatable bonds is 6. The average Bonchev–Trinajstić information content (AvgIpc) is 3.06. The smallest absolute Gasteiger partial charge is 0.295 e. The van der Waals surface area contributed by atoms with E-state index in [1.807, 2.05) is 26.8 Å². The van der Waals surface area contributed by atoms with Crippen LogP contribution in [0.1, 0.15) is 42.1 Å². The number of hydrogen-bond donors (Lipinski definition) is 1. The summed E-state index contributed by atoms with van der Waals surface area (Å²) in [5.41, 5.74) is 2.42. The standard InChI is InChI=1S/C27H24Cl2N2O4/c1-15(2)35-19-7-8-20(16(3)11-19)25(32)23-24(18-6-9-21(28)22(29)12-18)31(27(34)26(23)33)14-17-5-4-10-30-13-17/h4-13,15,24,32H,14H2,1-3H3/b25-23-. The molecule has 1 aliphatic heterocycles. The molecule has 35 heavy (non-hydrogen) atoms. The average molecular weight is 511 g/mol. The molecule has 3 aromatic rings. The molecule has 0 saturated carbocycles. The molecule has 2 heterocycles. The van der Waals surface area contributed by atoms with Gasteiger partial charge in [0.2, 0.25) is 0 Å². The van der Waals surface area contributed by atoms with Gasteiger partial charge < -0.3 is 14.7 Å². The summed E-state index contributed by atoms with van der Waals surface area (Å²) in [6.07, 6.45) is 3.24. The van der Waals surface area contributed by atoms with Gasteiger partial charge >= 0.3 is 0 Å². The van der Waals surface area contributed by atoms with Gasteiger partial charge in [-0.25, -0.2) is 0 Å². The Morgan fingerprint density at radius 1 is 1.11 bits per heavy atom. The Morgan fingerprint density at radius 3 is 2.51 bits per heavy atom. The number of nitrogens with zero attached hydrogens (tertiary/aromatic N) is 2. The predicted octanol–water partition coefficient (Wildman–Crippen LogP) is 6.11. The molecular weight excluding hydrogens is 487 g/mol. The van der Waals surface area contributed by atoms with Gasteiger partial charge in [-0.1, -0.05) is 35.3 Å². The number of amides is 1. The fraction of sp³-hybridized carbons (Fsp3) is 0.222. The van der Waals surface area contributed by atoms with E-state index >= 15 is 0 Å². The van der Waals surface area contributed by atoms with Gasteiger partial charge in [-0.15, -0.1) is 0 Å². The topological polar surface area (TPSA) is 79.7 Å². The second kappa shape index (κ2) is 10.1. The van der Waals surface area contributed by atoms with Crippen molar-refractivity contribution in [2.75, 3.05) is 0 Å². The van der Waals surface area contributed by atoms with Crippen molar-refractivity contribution in [3.8, 4) is 5.75 Å². The third-order valence-electron chi connectivity index (χ3n) is 5.70. The molecule has 1 atom stereocenters. The number of carbonyl (C=O) groups excluding carboxylic acids is 2. The lowest BCUT2D eigenvalue weighted by molar-refractivity contribution is -0.140. The first kappa shape index (κ1) is 24.8. The van der Waals surface area contributed by atoms with Crippen molar-refractivity contribution in [1.82, 2.24) is 9.88 Å². The van der Waals surface area contributed by atoms with Crippen LogP contribution in [0.15, 0.2) is 66.5 Å². The van der Waals surface area contributed by atoms with Crippen LogP contribution in [0.3, 0.4) is 0 Å². The van der Waals surface area contributed by atoms with Crippen molar-refractivity contribution >= 4 is 40.7 Å². The Bertz CT molecular complexity index is 1320. The third-order valence-corrected chi connectivity index (χ3v) is 6.44. The fourth-order valence-corrected chi connectivity index (χ4v) is 4.46. The molecule has 6 nitrogen and oxygen atoms in total. The number of ether oxygens (including phenoxy) is 1. The van der Waals surface area contributed by atoms with Gasteiger partial charge in [-0.3, -0.25) is 14.6 Å². The molecule has 1 fully saturated rings. The number of pyridine rings is 1. The molecule has 2 aromatic carbocycles. The van der Waals surface area contributed by atoms with Crippen LogP contribution in [-0.4, -0.2) is 32.8 Å². The summed E-state index contributed by atoms with van der Waals surface area (Å²) in [4.78, 5) is 32.0. The van der Waals surface area contributed by atoms with Crippen molar-refractivity contribution in [2.45, 2.75) is 39.5 Å². The first-order chi connectivity index (χ1) is 16.7. The zero-order valence-electron chi connectivity index (χ0n) is 19.5. The number of Topliss-reactive ketones (excluding diaryl/α,β-unsaturated/α-hetero) is 1. The highest BCUT2D eigenvalue weighted by Crippen LogP contribution is 2.42. The molecule has 0 radical (unpaired) electrons. The molecular formula is C27H24Cl2N2O4. The number of aliphatic hydroxyl groups is 1. The number of likely N-dealkylation sites (tertiary alicyclic amines) is 1. The Morgan fingerprint density at radius 2 is 1.89 bits per heavy atom. The van der Waals surface area contributed by atoms with Crippen molar-refractivity contribution in [3.05, 3.63) is 98.8 Å². The van der Waals surface area contributed by atoms with Crippen LogP contribution >= 0.6 is 23.2 Å². The van der Waals surface area contributed by atoms with Crippen molar-refractivity contribution in [2.24, 2.45) is 0 Å². The van der Waals surface area contributed by atoms with Crippen LogP contribution in [0.2, 0.25) is 10.0 Å². The van der Waals surface area contributed by atoms with Crippen LogP contribution in [-0.2, 0) is 16.1 Å². The van der Waals surface area contributed by atoms with Crippen LogP contribution < -0.4 is 4.74 Å². The molecule has 1 unspecified atom stereocenters. The molecule has 1 saturated heterocycles. The van der Waals surface area contributed by atoms with E-state index in [1.165, 1.54) is 4.90 Å². The van der Waals surface area contributed by atoms with Gasteiger partial charge in [0.15, 0.2) is 0 Å². The van der Waals surface area contributed by atoms with E-state index in [9.17, 15) is 14.7 Å². The maximum absolute atomic E-state index is 13.3. The first-order valence-corrected chi connectivity index (χ1v) is 11.8. The minimum atomic E-state index is -0.865. The summed E-state index contributed by atoms with van der Waals surface area (Å²) in [5, 5.41) is 12.0. The normalized spacial score (nSPS) is 17.3. The quantitative estimate of drug-likeness (QED) is 0.246. The molecule has 0 bridgehead atoms. The van der Waals surface area contributed by atoms with Crippen molar-refractivity contribution < 1.29 is 19.4 Å². The van der Waals surface area contributed by atoms with Gasteiger partial charge in [0.05, 0.1) is 27.8 Å². The molecule has 0 aliphatic carbocycles. The minimum Gasteiger partial charge on any atom is -0.507 e. The van der Waals surface area contributed by atoms with E-state index < -0.39 is 17.7 Å². The van der Waals surface area contributed by atoms with Crippen LogP contribution in [0.4, 0.5) is 0 Å². The zero-order valence-corrected chi connectivity index (χ0v) is 21.0. The Hall–Kier alpha value is -3.35. The Labute approximate surface area is 213 Å². The second-order valence-electron chi connectivity index (χ2n) is 8.61. The van der Waals surface area contributed by atoms with Crippen molar-refractivity contribution in [3.63, 3.8) is 0 Å². The second-order valence-corrected chi connectivity index (χ2v) is 9.42. The molecule has 4 rings (SSSR count). The molecule has 1 amide bonds. The fourth-order valence-electron chi connectivity index (χ4n) is 4.15. The molecule has 0 spiro atoms. The highest BCUT2D eigenvalue weighted by Gasteiger charge is 2.46. The summed E-state index contributed by atoms with van der Waals surface area (Å²) in [6, 6.07) is 12.8. The van der Waals surface area contributed by atoms with Crippen LogP contribution in [0.25, 0.3) is 5.76 Å². The number of benzene rings is 2. The first-order valence-electron chi connectivity index (χ1n) is 11.1. The summed E-state index contributed by atoms with van der Waals surface area (Å²) < 4.78 is 5.73. The number of ketones is 1. The third kappa shape index (κ3) is 5.04. The molecule has 1 N–H and O–H groups in total. The zero-order chi connectivity index (χ0) is 25.3. The Kier molecular flexibility index (Phi) is 7.15. The van der Waals surface area contributed by atoms with Crippen LogP contribution in [0, 0.1) is 6.92 Å². The minimum absolute atomic E-state index is 0.0127. The monoisotopic (exact) mass is 510 g/mol. The predicted molar refractivity (Wildman–Crippen MR) is 135 cm³/mol. The van der Waals surface area contributed by atoms with Gasteiger partial charge in [0.25, 0.3) is 11.7 Å². The van der Waals surface area contributed by atoms with E-state index in [4.69, 9.17) is 27.9 Å². The number of aryl methyl sites for hydroxylation is 1. The van der Waals surface area contributed by atoms with E-state index in [1.54, 1.807) is 54.9 Å². The lowest BCUT2D eigenvalue weighted by atomic mass is 9.93. The maximum atomic E-state index is 13.3. The lowest BCUT2D eigenvalue weighted by Gasteiger charge is -2.25. The van der Waals surface area contributed by atoms with Gasteiger partial charge in [-0.05, 0) is 73.9 Å². The van der Waals surface area contributed by atoms with E-state index in [2.05, 4.69) is 4.98 Å². The lowest BCUT2D eigenvalue weighted by Crippen LogP contribution is -2.29. The number of aliphatic hydroxyl groups excluding tert-OH is 1. The summed E-state index contributed by atoms with van der Waals surface area (Å²) >= 11 is 12.4. The highest BCUT2D eigenvalue weighted by atomic mass is 35.5. The summed E-state index contributed by atoms with van der Waals surface area (Å²) in [6.45, 7) is 5.77. The molecule has 1 aliphatic rings. The molecule has 1 aromatic heterocycles. The van der Waals surface area contributed by atoms with Crippen LogP contribution in [0.5, 0.6) is 5.75 Å². The SMILES string of the molecule is Cc1cc(OC(C)C)ccc1/C(O)=C1/C(=O)C(=O)N(Cc2cccnc2)C1c1ccc(Cl)c(Cl)c1.